The number of hydrogen-bond acceptors (Lipinski definition) is 3. The number of azo groups is 1. The first-order valence-electron chi connectivity index (χ1n) is 4.78. The normalized spacial score (nSPS) is 11.9. The van der Waals surface area contributed by atoms with Gasteiger partial charge in [0.15, 0.2) is 5.72 Å². The molecule has 0 saturated carbocycles. The van der Waals surface area contributed by atoms with Crippen LogP contribution in [0.2, 0.25) is 0 Å². The molecule has 0 unspecified atom stereocenters. The minimum Gasteiger partial charge on any atom is -0.356 e. The molecule has 3 nitrogen and oxygen atoms in total. The molecular weight excluding hydrogens is 188 g/mol. The number of rotatable bonds is 4. The Morgan fingerprint density at radius 3 is 2.73 bits per heavy atom. The average Bonchev–Trinajstić information content (AvgIpc) is 2.27. The van der Waals surface area contributed by atoms with Crippen molar-refractivity contribution in [1.82, 2.24) is 0 Å². The number of nitrogens with zero attached hydrogens (tertiary/aromatic N) is 2. The molecule has 0 amide bonds. The van der Waals surface area contributed by atoms with E-state index < -0.39 is 5.72 Å². The van der Waals surface area contributed by atoms with Gasteiger partial charge in [0.25, 0.3) is 0 Å². The van der Waals surface area contributed by atoms with Crippen molar-refractivity contribution in [1.29, 1.82) is 0 Å². The summed E-state index contributed by atoms with van der Waals surface area (Å²) in [6.45, 7) is 7.41. The number of hydrogen-bond donors (Lipinski definition) is 0. The molecule has 0 N–H and O–H groups in total. The van der Waals surface area contributed by atoms with Crippen LogP contribution < -0.4 is 0 Å². The highest BCUT2D eigenvalue weighted by Crippen LogP contribution is 2.18. The third kappa shape index (κ3) is 3.64. The molecule has 0 atom stereocenters. The molecule has 1 rings (SSSR count). The predicted octanol–water partition coefficient (Wildman–Crippen LogP) is 3.80. The van der Waals surface area contributed by atoms with Gasteiger partial charge >= 0.3 is 0 Å². The molecule has 0 spiro atoms. The predicted molar refractivity (Wildman–Crippen MR) is 62.1 cm³/mol. The van der Waals surface area contributed by atoms with Gasteiger partial charge in [-0.05, 0) is 31.5 Å². The van der Waals surface area contributed by atoms with Crippen molar-refractivity contribution in [2.75, 3.05) is 7.11 Å². The molecular formula is C12H16N2O. The SMILES string of the molecule is C=Cc1cccc(N=NC(C)(C)OC)c1. The molecule has 0 heterocycles. The van der Waals surface area contributed by atoms with Gasteiger partial charge in [0.05, 0.1) is 5.69 Å². The van der Waals surface area contributed by atoms with Crippen molar-refractivity contribution in [3.8, 4) is 0 Å². The highest BCUT2D eigenvalue weighted by atomic mass is 16.5. The summed E-state index contributed by atoms with van der Waals surface area (Å²) < 4.78 is 5.14. The number of methoxy groups -OCH3 is 1. The van der Waals surface area contributed by atoms with Gasteiger partial charge in [0, 0.05) is 7.11 Å². The Bertz CT molecular complexity index is 370. The standard InChI is InChI=1S/C12H16N2O/c1-5-10-7-6-8-11(9-10)13-14-12(2,3)15-4/h5-9H,1H2,2-4H3. The lowest BCUT2D eigenvalue weighted by molar-refractivity contribution is 0.0249. The zero-order chi connectivity index (χ0) is 11.3. The molecule has 1 aromatic carbocycles. The molecule has 0 aliphatic carbocycles. The molecule has 0 aliphatic heterocycles. The van der Waals surface area contributed by atoms with E-state index in [1.165, 1.54) is 0 Å². The summed E-state index contributed by atoms with van der Waals surface area (Å²) in [5.74, 6) is 0. The first-order chi connectivity index (χ1) is 7.07. The summed E-state index contributed by atoms with van der Waals surface area (Å²) in [6, 6.07) is 7.70. The zero-order valence-corrected chi connectivity index (χ0v) is 9.40. The Balaban J connectivity index is 2.84. The summed E-state index contributed by atoms with van der Waals surface area (Å²) in [7, 11) is 1.61. The van der Waals surface area contributed by atoms with Gasteiger partial charge in [-0.2, -0.15) is 10.2 Å². The molecule has 0 radical (unpaired) electrons. The van der Waals surface area contributed by atoms with Crippen molar-refractivity contribution in [2.45, 2.75) is 19.6 Å². The van der Waals surface area contributed by atoms with Crippen LogP contribution in [0.5, 0.6) is 0 Å². The average molecular weight is 204 g/mol. The van der Waals surface area contributed by atoms with Gasteiger partial charge < -0.3 is 4.74 Å². The van der Waals surface area contributed by atoms with E-state index in [4.69, 9.17) is 4.74 Å². The van der Waals surface area contributed by atoms with E-state index in [2.05, 4.69) is 16.8 Å². The lowest BCUT2D eigenvalue weighted by Crippen LogP contribution is -2.17. The van der Waals surface area contributed by atoms with Crippen LogP contribution in [0.4, 0.5) is 5.69 Å². The van der Waals surface area contributed by atoms with E-state index >= 15 is 0 Å². The Labute approximate surface area is 90.5 Å². The van der Waals surface area contributed by atoms with Crippen LogP contribution in [0.15, 0.2) is 41.1 Å². The molecule has 80 valence electrons. The van der Waals surface area contributed by atoms with E-state index in [1.807, 2.05) is 38.1 Å². The lowest BCUT2D eigenvalue weighted by atomic mass is 10.2. The van der Waals surface area contributed by atoms with Gasteiger partial charge in [-0.3, -0.25) is 0 Å². The fourth-order valence-corrected chi connectivity index (χ4v) is 0.933. The Morgan fingerprint density at radius 1 is 1.40 bits per heavy atom. The Hall–Kier alpha value is -1.48. The van der Waals surface area contributed by atoms with Crippen molar-refractivity contribution in [3.05, 3.63) is 36.4 Å². The summed E-state index contributed by atoms with van der Waals surface area (Å²) in [5, 5.41) is 8.20. The van der Waals surface area contributed by atoms with Crippen LogP contribution >= 0.6 is 0 Å². The number of benzene rings is 1. The molecule has 3 heteroatoms. The highest BCUT2D eigenvalue weighted by Gasteiger charge is 2.13. The van der Waals surface area contributed by atoms with Gasteiger partial charge in [0.2, 0.25) is 0 Å². The van der Waals surface area contributed by atoms with Crippen molar-refractivity contribution in [3.63, 3.8) is 0 Å². The molecule has 0 aliphatic rings. The van der Waals surface area contributed by atoms with E-state index in [9.17, 15) is 0 Å². The Kier molecular flexibility index (Phi) is 3.74. The van der Waals surface area contributed by atoms with E-state index in [0.717, 1.165) is 11.3 Å². The van der Waals surface area contributed by atoms with Crippen LogP contribution in [-0.2, 0) is 4.74 Å². The van der Waals surface area contributed by atoms with Crippen LogP contribution in [0.25, 0.3) is 6.08 Å². The molecule has 0 bridgehead atoms. The molecule has 1 aromatic rings. The summed E-state index contributed by atoms with van der Waals surface area (Å²) in [4.78, 5) is 0. The first-order valence-corrected chi connectivity index (χ1v) is 4.78. The van der Waals surface area contributed by atoms with E-state index in [1.54, 1.807) is 13.2 Å². The monoisotopic (exact) mass is 204 g/mol. The maximum atomic E-state index is 5.14. The van der Waals surface area contributed by atoms with Crippen molar-refractivity contribution < 1.29 is 4.74 Å². The zero-order valence-electron chi connectivity index (χ0n) is 9.40. The third-order valence-corrected chi connectivity index (χ3v) is 2.01. The maximum absolute atomic E-state index is 5.14. The fourth-order valence-electron chi connectivity index (χ4n) is 0.933. The number of ether oxygens (including phenoxy) is 1. The largest absolute Gasteiger partial charge is 0.356 e. The molecule has 0 fully saturated rings. The topological polar surface area (TPSA) is 34.0 Å². The third-order valence-electron chi connectivity index (χ3n) is 2.01. The first kappa shape index (κ1) is 11.6. The van der Waals surface area contributed by atoms with Crippen molar-refractivity contribution in [2.24, 2.45) is 10.2 Å². The summed E-state index contributed by atoms with van der Waals surface area (Å²) in [6.07, 6.45) is 1.78. The second kappa shape index (κ2) is 4.84. The van der Waals surface area contributed by atoms with Crippen LogP contribution in [0, 0.1) is 0 Å². The van der Waals surface area contributed by atoms with Gasteiger partial charge in [-0.1, -0.05) is 24.8 Å². The second-order valence-electron chi connectivity index (χ2n) is 3.65. The smallest absolute Gasteiger partial charge is 0.173 e. The van der Waals surface area contributed by atoms with Gasteiger partial charge in [-0.25, -0.2) is 0 Å². The quantitative estimate of drug-likeness (QED) is 0.687. The van der Waals surface area contributed by atoms with Gasteiger partial charge in [-0.15, -0.1) is 0 Å². The maximum Gasteiger partial charge on any atom is 0.173 e. The fraction of sp³-hybridized carbons (Fsp3) is 0.333. The van der Waals surface area contributed by atoms with Crippen LogP contribution in [-0.4, -0.2) is 12.8 Å². The van der Waals surface area contributed by atoms with Gasteiger partial charge in [0.1, 0.15) is 0 Å². The lowest BCUT2D eigenvalue weighted by Gasteiger charge is -2.14. The minimum atomic E-state index is -0.579. The molecule has 0 saturated heterocycles. The summed E-state index contributed by atoms with van der Waals surface area (Å²) in [5.41, 5.74) is 1.25. The van der Waals surface area contributed by atoms with E-state index in [-0.39, 0.29) is 0 Å². The molecule has 15 heavy (non-hydrogen) atoms. The Morgan fingerprint density at radius 2 is 2.13 bits per heavy atom. The minimum absolute atomic E-state index is 0.579. The van der Waals surface area contributed by atoms with Crippen LogP contribution in [0.3, 0.4) is 0 Å². The van der Waals surface area contributed by atoms with Crippen molar-refractivity contribution >= 4 is 11.8 Å². The van der Waals surface area contributed by atoms with Crippen LogP contribution in [0.1, 0.15) is 19.4 Å². The van der Waals surface area contributed by atoms with E-state index in [0.29, 0.717) is 0 Å². The molecule has 0 aromatic heterocycles. The second-order valence-corrected chi connectivity index (χ2v) is 3.65. The summed E-state index contributed by atoms with van der Waals surface area (Å²) >= 11 is 0. The highest BCUT2D eigenvalue weighted by molar-refractivity contribution is 5.53.